The third-order valence-corrected chi connectivity index (χ3v) is 6.26. The Labute approximate surface area is 206 Å². The van der Waals surface area contributed by atoms with Gasteiger partial charge in [-0.2, -0.15) is 0 Å². The van der Waals surface area contributed by atoms with Gasteiger partial charge in [0.25, 0.3) is 0 Å². The third-order valence-electron chi connectivity index (χ3n) is 6.26. The van der Waals surface area contributed by atoms with Crippen LogP contribution in [0.15, 0.2) is 48.6 Å². The Bertz CT molecular complexity index is 803. The molecule has 4 heteroatoms. The second-order valence-corrected chi connectivity index (χ2v) is 9.51. The molecular formula is C30H44O4. The van der Waals surface area contributed by atoms with Gasteiger partial charge in [0.05, 0.1) is 0 Å². The highest BCUT2D eigenvalue weighted by molar-refractivity contribution is 5.37. The molecule has 2 rings (SSSR count). The van der Waals surface area contributed by atoms with E-state index in [4.69, 9.17) is 0 Å². The maximum Gasteiger partial charge on any atom is 0.119 e. The molecule has 2 aromatic rings. The van der Waals surface area contributed by atoms with Gasteiger partial charge in [-0.25, -0.2) is 0 Å². The van der Waals surface area contributed by atoms with Crippen molar-refractivity contribution in [3.8, 4) is 23.0 Å². The Kier molecular flexibility index (Phi) is 13.7. The van der Waals surface area contributed by atoms with E-state index in [1.54, 1.807) is 24.3 Å². The molecule has 0 saturated heterocycles. The molecule has 4 N–H and O–H groups in total. The van der Waals surface area contributed by atoms with Crippen LogP contribution in [0, 0.1) is 0 Å². The van der Waals surface area contributed by atoms with Crippen molar-refractivity contribution < 1.29 is 20.4 Å². The second-order valence-electron chi connectivity index (χ2n) is 9.51. The van der Waals surface area contributed by atoms with E-state index in [9.17, 15) is 20.4 Å². The molecule has 0 bridgehead atoms. The molecule has 0 amide bonds. The van der Waals surface area contributed by atoms with Crippen molar-refractivity contribution >= 4 is 0 Å². The van der Waals surface area contributed by atoms with Crippen LogP contribution < -0.4 is 0 Å². The Morgan fingerprint density at radius 3 is 1.03 bits per heavy atom. The van der Waals surface area contributed by atoms with E-state index in [2.05, 4.69) is 12.2 Å². The van der Waals surface area contributed by atoms with Crippen molar-refractivity contribution in [3.05, 3.63) is 59.7 Å². The molecule has 188 valence electrons. The molecule has 0 radical (unpaired) electrons. The van der Waals surface area contributed by atoms with Gasteiger partial charge in [0, 0.05) is 12.1 Å². The number of rotatable bonds is 18. The van der Waals surface area contributed by atoms with Crippen LogP contribution in [0.5, 0.6) is 23.0 Å². The van der Waals surface area contributed by atoms with Gasteiger partial charge in [0.2, 0.25) is 0 Å². The van der Waals surface area contributed by atoms with Crippen LogP contribution in [0.4, 0.5) is 0 Å². The number of phenolic OH excluding ortho intramolecular Hbond substituents is 4. The maximum absolute atomic E-state index is 9.51. The van der Waals surface area contributed by atoms with Gasteiger partial charge in [-0.1, -0.05) is 63.5 Å². The predicted octanol–water partition coefficient (Wildman–Crippen LogP) is 8.31. The van der Waals surface area contributed by atoms with Crippen molar-refractivity contribution in [1.29, 1.82) is 0 Å². The van der Waals surface area contributed by atoms with Crippen LogP contribution in [0.25, 0.3) is 0 Å². The molecule has 0 unspecified atom stereocenters. The van der Waals surface area contributed by atoms with E-state index in [1.165, 1.54) is 89.2 Å². The molecule has 0 heterocycles. The molecule has 0 aliphatic carbocycles. The summed E-state index contributed by atoms with van der Waals surface area (Å²) in [5.74, 6) is 0.569. The van der Waals surface area contributed by atoms with E-state index in [-0.39, 0.29) is 23.0 Å². The fourth-order valence-electron chi connectivity index (χ4n) is 4.43. The lowest BCUT2D eigenvalue weighted by atomic mass is 10.0. The Morgan fingerprint density at radius 2 is 0.676 bits per heavy atom. The Balaban J connectivity index is 1.32. The van der Waals surface area contributed by atoms with Crippen LogP contribution in [0.1, 0.15) is 101 Å². The van der Waals surface area contributed by atoms with Crippen molar-refractivity contribution in [2.24, 2.45) is 0 Å². The molecule has 0 atom stereocenters. The monoisotopic (exact) mass is 468 g/mol. The van der Waals surface area contributed by atoms with Crippen molar-refractivity contribution in [1.82, 2.24) is 0 Å². The SMILES string of the molecule is Oc1cc(O)cc(CCCCCCCC=CCCCCCCCCCc2cc(O)cc(O)c2)c1. The molecule has 0 saturated carbocycles. The molecule has 4 nitrogen and oxygen atoms in total. The summed E-state index contributed by atoms with van der Waals surface area (Å²) in [6.07, 6.45) is 23.7. The van der Waals surface area contributed by atoms with Gasteiger partial charge >= 0.3 is 0 Å². The van der Waals surface area contributed by atoms with Gasteiger partial charge in [-0.3, -0.25) is 0 Å². The Morgan fingerprint density at radius 1 is 0.382 bits per heavy atom. The lowest BCUT2D eigenvalue weighted by molar-refractivity contribution is 0.447. The van der Waals surface area contributed by atoms with Crippen molar-refractivity contribution in [2.75, 3.05) is 0 Å². The molecule has 0 aromatic heterocycles. The molecule has 2 aromatic carbocycles. The molecule has 0 spiro atoms. The number of phenols is 4. The zero-order valence-electron chi connectivity index (χ0n) is 20.7. The van der Waals surface area contributed by atoms with Crippen LogP contribution in [0.2, 0.25) is 0 Å². The standard InChI is InChI=1S/C30H44O4/c31-27-19-25(20-28(32)23-27)17-15-13-11-9-7-5-3-1-2-4-6-8-10-12-14-16-18-26-21-29(33)24-30(34)22-26/h1,3,19-24,31-34H,2,4-18H2. The van der Waals surface area contributed by atoms with Gasteiger partial charge in [0.15, 0.2) is 0 Å². The highest BCUT2D eigenvalue weighted by atomic mass is 16.3. The summed E-state index contributed by atoms with van der Waals surface area (Å²) >= 11 is 0. The van der Waals surface area contributed by atoms with Crippen LogP contribution >= 0.6 is 0 Å². The van der Waals surface area contributed by atoms with Gasteiger partial charge < -0.3 is 20.4 Å². The lowest BCUT2D eigenvalue weighted by Gasteiger charge is -2.04. The smallest absolute Gasteiger partial charge is 0.119 e. The number of allylic oxidation sites excluding steroid dienone is 2. The number of aromatic hydroxyl groups is 4. The molecule has 0 aliphatic heterocycles. The minimum Gasteiger partial charge on any atom is -0.508 e. The highest BCUT2D eigenvalue weighted by Crippen LogP contribution is 2.23. The fourth-order valence-corrected chi connectivity index (χ4v) is 4.43. The minimum atomic E-state index is 0.141. The fraction of sp³-hybridized carbons (Fsp3) is 0.533. The first-order valence-electron chi connectivity index (χ1n) is 13.2. The van der Waals surface area contributed by atoms with E-state index in [1.807, 2.05) is 0 Å². The summed E-state index contributed by atoms with van der Waals surface area (Å²) in [5.41, 5.74) is 2.02. The normalized spacial score (nSPS) is 11.4. The molecule has 0 fully saturated rings. The van der Waals surface area contributed by atoms with E-state index >= 15 is 0 Å². The first-order chi connectivity index (χ1) is 16.5. The van der Waals surface area contributed by atoms with E-state index < -0.39 is 0 Å². The first kappa shape index (κ1) is 27.6. The van der Waals surface area contributed by atoms with Gasteiger partial charge in [-0.15, -0.1) is 0 Å². The number of hydrogen-bond donors (Lipinski definition) is 4. The first-order valence-corrected chi connectivity index (χ1v) is 13.2. The molecule has 34 heavy (non-hydrogen) atoms. The lowest BCUT2D eigenvalue weighted by Crippen LogP contribution is -1.87. The van der Waals surface area contributed by atoms with Crippen LogP contribution in [-0.2, 0) is 12.8 Å². The quantitative estimate of drug-likeness (QED) is 0.131. The summed E-state index contributed by atoms with van der Waals surface area (Å²) < 4.78 is 0. The average Bonchev–Trinajstić information content (AvgIpc) is 2.77. The number of benzene rings is 2. The summed E-state index contributed by atoms with van der Waals surface area (Å²) in [6.45, 7) is 0. The van der Waals surface area contributed by atoms with E-state index in [0.29, 0.717) is 0 Å². The van der Waals surface area contributed by atoms with Gasteiger partial charge in [0.1, 0.15) is 23.0 Å². The van der Waals surface area contributed by atoms with Crippen LogP contribution in [-0.4, -0.2) is 20.4 Å². The zero-order chi connectivity index (χ0) is 24.4. The number of aryl methyl sites for hydroxylation is 2. The minimum absolute atomic E-state index is 0.141. The average molecular weight is 469 g/mol. The highest BCUT2D eigenvalue weighted by Gasteiger charge is 2.01. The summed E-state index contributed by atoms with van der Waals surface area (Å²) in [6, 6.07) is 9.69. The second kappa shape index (κ2) is 16.9. The van der Waals surface area contributed by atoms with Crippen LogP contribution in [0.3, 0.4) is 0 Å². The summed E-state index contributed by atoms with van der Waals surface area (Å²) in [4.78, 5) is 0. The molecule has 0 aliphatic rings. The molecular weight excluding hydrogens is 424 g/mol. The van der Waals surface area contributed by atoms with Crippen molar-refractivity contribution in [3.63, 3.8) is 0 Å². The zero-order valence-corrected chi connectivity index (χ0v) is 20.7. The van der Waals surface area contributed by atoms with Crippen molar-refractivity contribution in [2.45, 2.75) is 103 Å². The largest absolute Gasteiger partial charge is 0.508 e. The van der Waals surface area contributed by atoms with E-state index in [0.717, 1.165) is 36.8 Å². The van der Waals surface area contributed by atoms with Gasteiger partial charge in [-0.05, 0) is 86.8 Å². The number of hydrogen-bond acceptors (Lipinski definition) is 4. The number of unbranched alkanes of at least 4 members (excludes halogenated alkanes) is 12. The third kappa shape index (κ3) is 13.2. The topological polar surface area (TPSA) is 80.9 Å². The maximum atomic E-state index is 9.51. The summed E-state index contributed by atoms with van der Waals surface area (Å²) in [5, 5.41) is 38.0. The summed E-state index contributed by atoms with van der Waals surface area (Å²) in [7, 11) is 0. The predicted molar refractivity (Wildman–Crippen MR) is 141 cm³/mol. The Hall–Kier alpha value is -2.62.